The highest BCUT2D eigenvalue weighted by atomic mass is 35.5. The smallest absolute Gasteiger partial charge is 0.227 e. The van der Waals surface area contributed by atoms with Gasteiger partial charge in [-0.15, -0.1) is 0 Å². The normalized spacial score (nSPS) is 16.6. The first-order chi connectivity index (χ1) is 14.2. The number of carbonyl (C=O) groups is 1. The molecule has 0 bridgehead atoms. The molecule has 29 heavy (non-hydrogen) atoms. The number of likely N-dealkylation sites (tertiary alicyclic amines) is 1. The molecule has 3 aromatic rings. The maximum Gasteiger partial charge on any atom is 0.227 e. The van der Waals surface area contributed by atoms with Gasteiger partial charge in [0.2, 0.25) is 5.91 Å². The number of halogens is 1. The van der Waals surface area contributed by atoms with Crippen LogP contribution in [0.15, 0.2) is 67.0 Å². The maximum absolute atomic E-state index is 12.8. The summed E-state index contributed by atoms with van der Waals surface area (Å²) in [6.45, 7) is 1.55. The van der Waals surface area contributed by atoms with Crippen molar-refractivity contribution in [2.24, 2.45) is 0 Å². The monoisotopic (exact) mass is 405 g/mol. The summed E-state index contributed by atoms with van der Waals surface area (Å²) in [7, 11) is 0. The molecule has 1 aliphatic rings. The van der Waals surface area contributed by atoms with Crippen LogP contribution in [0.2, 0.25) is 5.02 Å². The lowest BCUT2D eigenvalue weighted by atomic mass is 9.93. The third-order valence-corrected chi connectivity index (χ3v) is 5.82. The van der Waals surface area contributed by atoms with E-state index in [0.29, 0.717) is 12.8 Å². The van der Waals surface area contributed by atoms with Gasteiger partial charge < -0.3 is 4.90 Å². The van der Waals surface area contributed by atoms with Crippen LogP contribution < -0.4 is 0 Å². The fourth-order valence-electron chi connectivity index (χ4n) is 3.89. The van der Waals surface area contributed by atoms with Gasteiger partial charge in [-0.1, -0.05) is 35.9 Å². The molecule has 1 amide bonds. The van der Waals surface area contributed by atoms with Gasteiger partial charge in [-0.2, -0.15) is 0 Å². The van der Waals surface area contributed by atoms with Crippen LogP contribution in [0.4, 0.5) is 0 Å². The Balaban J connectivity index is 1.44. The number of piperidine rings is 1. The van der Waals surface area contributed by atoms with Gasteiger partial charge in [-0.05, 0) is 54.3 Å². The number of hydrogen-bond donors (Lipinski definition) is 0. The van der Waals surface area contributed by atoms with Crippen molar-refractivity contribution in [1.29, 1.82) is 0 Å². The van der Waals surface area contributed by atoms with Crippen LogP contribution in [0, 0.1) is 0 Å². The average Bonchev–Trinajstić information content (AvgIpc) is 2.76. The molecule has 1 aliphatic heterocycles. The van der Waals surface area contributed by atoms with E-state index in [2.05, 4.69) is 17.1 Å². The lowest BCUT2D eigenvalue weighted by Crippen LogP contribution is -2.40. The Bertz CT molecular complexity index is 977. The first-order valence-electron chi connectivity index (χ1n) is 10.0. The van der Waals surface area contributed by atoms with Gasteiger partial charge >= 0.3 is 0 Å². The van der Waals surface area contributed by atoms with Gasteiger partial charge in [0.15, 0.2) is 0 Å². The van der Waals surface area contributed by atoms with Crippen molar-refractivity contribution in [2.45, 2.75) is 31.6 Å². The highest BCUT2D eigenvalue weighted by molar-refractivity contribution is 6.31. The molecule has 148 valence electrons. The van der Waals surface area contributed by atoms with Crippen LogP contribution in [-0.2, 0) is 17.6 Å². The molecule has 1 aromatic carbocycles. The van der Waals surface area contributed by atoms with Gasteiger partial charge in [0.1, 0.15) is 0 Å². The molecular weight excluding hydrogens is 382 g/mol. The largest absolute Gasteiger partial charge is 0.342 e. The van der Waals surface area contributed by atoms with Crippen molar-refractivity contribution in [2.75, 3.05) is 13.1 Å². The minimum absolute atomic E-state index is 0.174. The SMILES string of the molecule is O=C(Cc1ccncc1)N1CCC[C@@H](c2cccc(Cc3ccccc3Cl)n2)C1. The molecular formula is C24H24ClN3O. The molecule has 5 heteroatoms. The summed E-state index contributed by atoms with van der Waals surface area (Å²) in [5.74, 6) is 0.449. The van der Waals surface area contributed by atoms with Crippen LogP contribution in [0.1, 0.15) is 41.3 Å². The molecule has 1 fully saturated rings. The zero-order chi connectivity index (χ0) is 20.1. The lowest BCUT2D eigenvalue weighted by Gasteiger charge is -2.32. The Kier molecular flexibility index (Phi) is 6.20. The van der Waals surface area contributed by atoms with E-state index in [4.69, 9.17) is 16.6 Å². The number of amides is 1. The van der Waals surface area contributed by atoms with Gasteiger partial charge in [-0.3, -0.25) is 14.8 Å². The third kappa shape index (κ3) is 5.01. The van der Waals surface area contributed by atoms with E-state index in [1.165, 1.54) is 0 Å². The number of hydrogen-bond acceptors (Lipinski definition) is 3. The van der Waals surface area contributed by atoms with Crippen molar-refractivity contribution in [3.63, 3.8) is 0 Å². The van der Waals surface area contributed by atoms with Crippen LogP contribution in [0.5, 0.6) is 0 Å². The van der Waals surface area contributed by atoms with Gasteiger partial charge in [0.25, 0.3) is 0 Å². The third-order valence-electron chi connectivity index (χ3n) is 5.45. The minimum Gasteiger partial charge on any atom is -0.342 e. The maximum atomic E-state index is 12.8. The summed E-state index contributed by atoms with van der Waals surface area (Å²) >= 11 is 6.31. The van der Waals surface area contributed by atoms with Crippen LogP contribution in [0.3, 0.4) is 0 Å². The first kappa shape index (κ1) is 19.6. The Morgan fingerprint density at radius 2 is 1.90 bits per heavy atom. The summed E-state index contributed by atoms with van der Waals surface area (Å²) in [5.41, 5.74) is 4.16. The Labute approximate surface area is 176 Å². The quantitative estimate of drug-likeness (QED) is 0.619. The Morgan fingerprint density at radius 3 is 2.72 bits per heavy atom. The van der Waals surface area contributed by atoms with E-state index in [9.17, 15) is 4.79 Å². The van der Waals surface area contributed by atoms with Crippen LogP contribution in [-0.4, -0.2) is 33.9 Å². The fraction of sp³-hybridized carbons (Fsp3) is 0.292. The highest BCUT2D eigenvalue weighted by Gasteiger charge is 2.25. The van der Waals surface area contributed by atoms with Crippen molar-refractivity contribution in [1.82, 2.24) is 14.9 Å². The van der Waals surface area contributed by atoms with Gasteiger partial charge in [0, 0.05) is 54.2 Å². The zero-order valence-corrected chi connectivity index (χ0v) is 17.1. The molecule has 0 aliphatic carbocycles. The molecule has 3 heterocycles. The molecule has 0 unspecified atom stereocenters. The Hall–Kier alpha value is -2.72. The van der Waals surface area contributed by atoms with Gasteiger partial charge in [0.05, 0.1) is 6.42 Å². The minimum atomic E-state index is 0.174. The summed E-state index contributed by atoms with van der Waals surface area (Å²) in [4.78, 5) is 23.7. The van der Waals surface area contributed by atoms with E-state index in [1.54, 1.807) is 12.4 Å². The highest BCUT2D eigenvalue weighted by Crippen LogP contribution is 2.27. The standard InChI is InChI=1S/C24H24ClN3O/c25-22-8-2-1-5-19(22)16-21-7-3-9-23(27-21)20-6-4-14-28(17-20)24(29)15-18-10-12-26-13-11-18/h1-3,5,7-13,20H,4,6,14-17H2/t20-/m1/s1. The number of benzene rings is 1. The summed E-state index contributed by atoms with van der Waals surface area (Å²) in [6.07, 6.45) is 6.66. The molecule has 4 nitrogen and oxygen atoms in total. The predicted molar refractivity (Wildman–Crippen MR) is 115 cm³/mol. The summed E-state index contributed by atoms with van der Waals surface area (Å²) < 4.78 is 0. The molecule has 2 aromatic heterocycles. The topological polar surface area (TPSA) is 46.1 Å². The van der Waals surface area contributed by atoms with E-state index >= 15 is 0 Å². The van der Waals surface area contributed by atoms with Crippen LogP contribution in [0.25, 0.3) is 0 Å². The lowest BCUT2D eigenvalue weighted by molar-refractivity contribution is -0.131. The van der Waals surface area contributed by atoms with Crippen LogP contribution >= 0.6 is 11.6 Å². The number of nitrogens with zero attached hydrogens (tertiary/aromatic N) is 3. The van der Waals surface area contributed by atoms with Crippen molar-refractivity contribution >= 4 is 17.5 Å². The van der Waals surface area contributed by atoms with E-state index in [0.717, 1.165) is 53.5 Å². The number of aromatic nitrogens is 2. The molecule has 0 radical (unpaired) electrons. The predicted octanol–water partition coefficient (Wildman–Crippen LogP) is 4.67. The molecule has 1 saturated heterocycles. The van der Waals surface area contributed by atoms with Crippen molar-refractivity contribution < 1.29 is 4.79 Å². The second-order valence-corrected chi connectivity index (χ2v) is 7.94. The van der Waals surface area contributed by atoms with Crippen molar-refractivity contribution in [3.8, 4) is 0 Å². The molecule has 0 spiro atoms. The average molecular weight is 406 g/mol. The molecule has 1 atom stereocenters. The number of pyridine rings is 2. The Morgan fingerprint density at radius 1 is 1.07 bits per heavy atom. The number of rotatable bonds is 5. The van der Waals surface area contributed by atoms with Gasteiger partial charge in [-0.25, -0.2) is 0 Å². The fourth-order valence-corrected chi connectivity index (χ4v) is 4.10. The summed E-state index contributed by atoms with van der Waals surface area (Å²) in [5, 5.41) is 0.769. The first-order valence-corrected chi connectivity index (χ1v) is 10.4. The van der Waals surface area contributed by atoms with E-state index in [1.807, 2.05) is 47.4 Å². The molecule has 0 saturated carbocycles. The second-order valence-electron chi connectivity index (χ2n) is 7.53. The van der Waals surface area contributed by atoms with Crippen molar-refractivity contribution in [3.05, 3.63) is 94.5 Å². The van der Waals surface area contributed by atoms with E-state index < -0.39 is 0 Å². The molecule has 4 rings (SSSR count). The van der Waals surface area contributed by atoms with E-state index in [-0.39, 0.29) is 11.8 Å². The second kappa shape index (κ2) is 9.19. The molecule has 0 N–H and O–H groups in total. The zero-order valence-electron chi connectivity index (χ0n) is 16.3. The number of carbonyl (C=O) groups excluding carboxylic acids is 1. The summed E-state index contributed by atoms with van der Waals surface area (Å²) in [6, 6.07) is 17.9.